The lowest BCUT2D eigenvalue weighted by molar-refractivity contribution is 1.19. The van der Waals surface area contributed by atoms with Crippen LogP contribution in [0.1, 0.15) is 0 Å². The summed E-state index contributed by atoms with van der Waals surface area (Å²) in [4.78, 5) is 15.7. The second kappa shape index (κ2) is 11.3. The van der Waals surface area contributed by atoms with E-state index in [2.05, 4.69) is 164 Å². The van der Waals surface area contributed by atoms with Crippen molar-refractivity contribution in [3.63, 3.8) is 0 Å². The fourth-order valence-corrected chi connectivity index (χ4v) is 8.21. The molecule has 0 saturated heterocycles. The van der Waals surface area contributed by atoms with Gasteiger partial charge in [0.05, 0.1) is 22.4 Å². The van der Waals surface area contributed by atoms with Crippen LogP contribution in [0.5, 0.6) is 0 Å². The van der Waals surface area contributed by atoms with Gasteiger partial charge in [-0.05, 0) is 61.5 Å². The van der Waals surface area contributed by atoms with Crippen LogP contribution in [0, 0.1) is 0 Å². The Labute approximate surface area is 299 Å². The van der Waals surface area contributed by atoms with Crippen LogP contribution in [0.2, 0.25) is 0 Å². The zero-order chi connectivity index (χ0) is 34.2. The molecule has 0 unspecified atom stereocenters. The van der Waals surface area contributed by atoms with Gasteiger partial charge < -0.3 is 0 Å². The first kappa shape index (κ1) is 28.8. The van der Waals surface area contributed by atoms with Gasteiger partial charge in [-0.25, -0.2) is 15.0 Å². The van der Waals surface area contributed by atoms with Crippen molar-refractivity contribution in [2.75, 3.05) is 0 Å². The van der Waals surface area contributed by atoms with E-state index in [1.807, 2.05) is 12.1 Å². The molecule has 0 bridgehead atoms. The second-order valence-corrected chi connectivity index (χ2v) is 13.5. The molecule has 11 aromatic rings. The van der Waals surface area contributed by atoms with Gasteiger partial charge in [0.15, 0.2) is 5.82 Å². The molecule has 0 N–H and O–H groups in total. The van der Waals surface area contributed by atoms with Crippen LogP contribution in [-0.2, 0) is 0 Å². The van der Waals surface area contributed by atoms with E-state index in [-0.39, 0.29) is 0 Å². The smallest absolute Gasteiger partial charge is 0.161 e. The van der Waals surface area contributed by atoms with Crippen molar-refractivity contribution in [3.8, 4) is 45.0 Å². The normalized spacial score (nSPS) is 11.8. The molecule has 0 aliphatic rings. The number of fused-ring (bicyclic) bond motifs is 4. The van der Waals surface area contributed by atoms with Gasteiger partial charge in [-0.15, -0.1) is 0 Å². The molecule has 0 saturated carbocycles. The molecule has 0 radical (unpaired) electrons. The third kappa shape index (κ3) is 4.36. The summed E-state index contributed by atoms with van der Waals surface area (Å²) in [7, 11) is 0. The highest BCUT2D eigenvalue weighted by atomic mass is 14.9. The highest BCUT2D eigenvalue weighted by Crippen LogP contribution is 2.45. The van der Waals surface area contributed by atoms with Gasteiger partial charge in [-0.3, -0.25) is 0 Å². The maximum atomic E-state index is 5.24. The Morgan fingerprint density at radius 3 is 1.54 bits per heavy atom. The van der Waals surface area contributed by atoms with Gasteiger partial charge in [0.2, 0.25) is 0 Å². The van der Waals surface area contributed by atoms with E-state index in [4.69, 9.17) is 15.0 Å². The van der Waals surface area contributed by atoms with Crippen molar-refractivity contribution in [2.24, 2.45) is 0 Å². The Morgan fingerprint density at radius 2 is 0.846 bits per heavy atom. The molecule has 0 aliphatic heterocycles. The molecular weight excluding hydrogens is 631 g/mol. The second-order valence-electron chi connectivity index (χ2n) is 13.5. The van der Waals surface area contributed by atoms with E-state index in [0.29, 0.717) is 0 Å². The first-order valence-corrected chi connectivity index (χ1v) is 17.7. The molecule has 0 atom stereocenters. The number of hydrogen-bond acceptors (Lipinski definition) is 3. The highest BCUT2D eigenvalue weighted by molar-refractivity contribution is 6.29. The number of pyridine rings is 1. The van der Waals surface area contributed by atoms with Crippen LogP contribution < -0.4 is 0 Å². The fraction of sp³-hybridized carbons (Fsp3) is 0. The topological polar surface area (TPSA) is 38.7 Å². The minimum atomic E-state index is 0.719. The molecule has 2 aromatic heterocycles. The Morgan fingerprint density at radius 1 is 0.327 bits per heavy atom. The van der Waals surface area contributed by atoms with Crippen molar-refractivity contribution < 1.29 is 0 Å². The van der Waals surface area contributed by atoms with E-state index in [1.165, 1.54) is 48.8 Å². The van der Waals surface area contributed by atoms with Crippen molar-refractivity contribution >= 4 is 64.9 Å². The van der Waals surface area contributed by atoms with E-state index >= 15 is 0 Å². The van der Waals surface area contributed by atoms with Gasteiger partial charge >= 0.3 is 0 Å². The zero-order valence-electron chi connectivity index (χ0n) is 28.1. The summed E-state index contributed by atoms with van der Waals surface area (Å²) in [5.74, 6) is 0.719. The predicted octanol–water partition coefficient (Wildman–Crippen LogP) is 12.9. The van der Waals surface area contributed by atoms with E-state index < -0.39 is 0 Å². The lowest BCUT2D eigenvalue weighted by Crippen LogP contribution is -1.97. The molecule has 3 nitrogen and oxygen atoms in total. The molecule has 0 fully saturated rings. The van der Waals surface area contributed by atoms with Crippen LogP contribution in [0.25, 0.3) is 110 Å². The van der Waals surface area contributed by atoms with Gasteiger partial charge in [-0.2, -0.15) is 0 Å². The first-order chi connectivity index (χ1) is 25.8. The number of hydrogen-bond donors (Lipinski definition) is 0. The average molecular weight is 660 g/mol. The van der Waals surface area contributed by atoms with Crippen molar-refractivity contribution in [1.82, 2.24) is 15.0 Å². The van der Waals surface area contributed by atoms with E-state index in [1.54, 1.807) is 0 Å². The van der Waals surface area contributed by atoms with Gasteiger partial charge in [0, 0.05) is 38.4 Å². The maximum Gasteiger partial charge on any atom is 0.161 e. The molecule has 52 heavy (non-hydrogen) atoms. The quantitative estimate of drug-likeness (QED) is 0.139. The molecule has 0 amide bonds. The average Bonchev–Trinajstić information content (AvgIpc) is 3.22. The minimum absolute atomic E-state index is 0.719. The van der Waals surface area contributed by atoms with Gasteiger partial charge in [0.1, 0.15) is 0 Å². The van der Waals surface area contributed by atoms with Crippen LogP contribution in [0.3, 0.4) is 0 Å². The molecule has 2 heterocycles. The Hall–Kier alpha value is -6.97. The molecule has 0 aliphatic carbocycles. The summed E-state index contributed by atoms with van der Waals surface area (Å²) in [6.45, 7) is 0. The molecule has 0 spiro atoms. The molecule has 3 heteroatoms. The highest BCUT2D eigenvalue weighted by Gasteiger charge is 2.20. The van der Waals surface area contributed by atoms with Crippen LogP contribution >= 0.6 is 0 Å². The minimum Gasteiger partial charge on any atom is -0.247 e. The summed E-state index contributed by atoms with van der Waals surface area (Å²) in [6, 6.07) is 62.6. The number of rotatable bonds is 4. The number of nitrogens with zero attached hydrogens (tertiary/aromatic N) is 3. The molecule has 240 valence electrons. The van der Waals surface area contributed by atoms with E-state index in [0.717, 1.165) is 61.1 Å². The third-order valence-electron chi connectivity index (χ3n) is 10.6. The van der Waals surface area contributed by atoms with Gasteiger partial charge in [-0.1, -0.05) is 158 Å². The third-order valence-corrected chi connectivity index (χ3v) is 10.6. The fourth-order valence-electron chi connectivity index (χ4n) is 8.21. The maximum absolute atomic E-state index is 5.24. The lowest BCUT2D eigenvalue weighted by atomic mass is 9.86. The molecule has 11 rings (SSSR count). The summed E-state index contributed by atoms with van der Waals surface area (Å²) in [6.07, 6.45) is 0. The largest absolute Gasteiger partial charge is 0.247 e. The summed E-state index contributed by atoms with van der Waals surface area (Å²) in [5.41, 5.74) is 9.42. The number of aromatic nitrogens is 3. The number of para-hydroxylation sites is 1. The standard InChI is InChI=1S/C49H29N3/c1-3-12-31(13-4-1)43-29-44(32-14-5-2-6-15-32)52-49(51-43)39-27-23-34-20-24-36-37(25-21-33-22-26-38(39)46(34)45(33)36)47-40-17-9-10-18-42(40)50-48-35-16-8-7-11-30(35)19-28-41(47)48/h1-29H. The SMILES string of the molecule is c1ccc(-c2cc(-c3ccccc3)nc(-c3ccc4ccc5c(-c6c7ccccc7nc7c6ccc6ccccc67)ccc6ccc3c4c65)n2)cc1. The van der Waals surface area contributed by atoms with Crippen LogP contribution in [-0.4, -0.2) is 15.0 Å². The Bertz CT molecular complexity index is 3110. The summed E-state index contributed by atoms with van der Waals surface area (Å²) >= 11 is 0. The predicted molar refractivity (Wildman–Crippen MR) is 218 cm³/mol. The summed E-state index contributed by atoms with van der Waals surface area (Å²) in [5, 5.41) is 12.0. The monoisotopic (exact) mass is 659 g/mol. The molecular formula is C49H29N3. The van der Waals surface area contributed by atoms with Crippen LogP contribution in [0.4, 0.5) is 0 Å². The van der Waals surface area contributed by atoms with Crippen molar-refractivity contribution in [1.29, 1.82) is 0 Å². The Balaban J connectivity index is 1.20. The molecule has 9 aromatic carbocycles. The Kier molecular flexibility index (Phi) is 6.25. The summed E-state index contributed by atoms with van der Waals surface area (Å²) < 4.78 is 0. The van der Waals surface area contributed by atoms with Crippen molar-refractivity contribution in [2.45, 2.75) is 0 Å². The van der Waals surface area contributed by atoms with Crippen LogP contribution in [0.15, 0.2) is 176 Å². The van der Waals surface area contributed by atoms with Crippen molar-refractivity contribution in [3.05, 3.63) is 176 Å². The van der Waals surface area contributed by atoms with E-state index in [9.17, 15) is 0 Å². The lowest BCUT2D eigenvalue weighted by Gasteiger charge is -2.18. The first-order valence-electron chi connectivity index (χ1n) is 17.7. The van der Waals surface area contributed by atoms with Gasteiger partial charge in [0.25, 0.3) is 0 Å². The number of benzene rings is 9. The zero-order valence-corrected chi connectivity index (χ0v) is 28.1.